The molecule has 0 spiro atoms. The third-order valence-corrected chi connectivity index (χ3v) is 4.10. The number of nitrogens with zero attached hydrogens (tertiary/aromatic N) is 1. The van der Waals surface area contributed by atoms with E-state index in [9.17, 15) is 9.59 Å². The van der Waals surface area contributed by atoms with Crippen molar-refractivity contribution in [3.8, 4) is 0 Å². The minimum Gasteiger partial charge on any atom is -0.481 e. The molecule has 0 saturated heterocycles. The number of carboxylic acid groups (broad SMARTS) is 1. The quantitative estimate of drug-likeness (QED) is 0.788. The van der Waals surface area contributed by atoms with Crippen LogP contribution in [0, 0.1) is 0 Å². The van der Waals surface area contributed by atoms with Gasteiger partial charge in [0.15, 0.2) is 0 Å². The smallest absolute Gasteiger partial charge is 0.322 e. The lowest BCUT2D eigenvalue weighted by Crippen LogP contribution is -2.34. The van der Waals surface area contributed by atoms with Crippen molar-refractivity contribution in [2.75, 3.05) is 11.9 Å². The van der Waals surface area contributed by atoms with E-state index in [1.54, 1.807) is 4.90 Å². The van der Waals surface area contributed by atoms with E-state index in [-0.39, 0.29) is 18.4 Å². The molecule has 0 bridgehead atoms. The molecule has 0 heterocycles. The van der Waals surface area contributed by atoms with E-state index < -0.39 is 5.97 Å². The molecule has 2 N–H and O–H groups in total. The summed E-state index contributed by atoms with van der Waals surface area (Å²) in [6, 6.07) is 17.0. The number of carbonyl (C=O) groups excluding carboxylic acids is 1. The van der Waals surface area contributed by atoms with E-state index in [4.69, 9.17) is 5.11 Å². The predicted octanol–water partition coefficient (Wildman–Crippen LogP) is 4.32. The maximum atomic E-state index is 12.4. The fourth-order valence-corrected chi connectivity index (χ4v) is 2.61. The van der Waals surface area contributed by atoms with Gasteiger partial charge in [-0.05, 0) is 36.1 Å². The molecule has 5 nitrogen and oxygen atoms in total. The molecule has 0 aromatic heterocycles. The standard InChI is InChI=1S/C20H24N2O3/c1-3-22(14-16-7-5-4-6-8-16)20(25)21-18-11-9-17(10-12-18)15(2)13-19(23)24/h4-12,15H,3,13-14H2,1-2H3,(H,21,25)(H,23,24). The van der Waals surface area contributed by atoms with Crippen LogP contribution in [-0.2, 0) is 11.3 Å². The largest absolute Gasteiger partial charge is 0.481 e. The molecule has 0 saturated carbocycles. The molecular weight excluding hydrogens is 316 g/mol. The van der Waals surface area contributed by atoms with Gasteiger partial charge in [0.05, 0.1) is 6.42 Å². The van der Waals surface area contributed by atoms with Gasteiger partial charge in [-0.1, -0.05) is 49.4 Å². The van der Waals surface area contributed by atoms with Crippen LogP contribution in [0.25, 0.3) is 0 Å². The van der Waals surface area contributed by atoms with Crippen molar-refractivity contribution in [3.63, 3.8) is 0 Å². The number of carbonyl (C=O) groups is 2. The molecule has 0 fully saturated rings. The molecule has 0 aliphatic heterocycles. The molecule has 2 aromatic carbocycles. The van der Waals surface area contributed by atoms with E-state index in [1.165, 1.54) is 0 Å². The van der Waals surface area contributed by atoms with Crippen LogP contribution in [0.1, 0.15) is 37.3 Å². The highest BCUT2D eigenvalue weighted by atomic mass is 16.4. The third-order valence-electron chi connectivity index (χ3n) is 4.10. The Morgan fingerprint density at radius 2 is 1.72 bits per heavy atom. The molecule has 0 aliphatic rings. The van der Waals surface area contributed by atoms with Crippen molar-refractivity contribution in [3.05, 3.63) is 65.7 Å². The number of nitrogens with one attached hydrogen (secondary N) is 1. The van der Waals surface area contributed by atoms with Crippen LogP contribution in [-0.4, -0.2) is 28.6 Å². The van der Waals surface area contributed by atoms with Crippen molar-refractivity contribution < 1.29 is 14.7 Å². The number of hydrogen-bond acceptors (Lipinski definition) is 2. The lowest BCUT2D eigenvalue weighted by atomic mass is 9.98. The normalized spacial score (nSPS) is 11.6. The van der Waals surface area contributed by atoms with Crippen molar-refractivity contribution >= 4 is 17.7 Å². The number of rotatable bonds is 7. The Labute approximate surface area is 148 Å². The van der Waals surface area contributed by atoms with Crippen LogP contribution in [0.5, 0.6) is 0 Å². The van der Waals surface area contributed by atoms with E-state index in [0.29, 0.717) is 18.8 Å². The fraction of sp³-hybridized carbons (Fsp3) is 0.300. The molecular formula is C20H24N2O3. The average molecular weight is 340 g/mol. The lowest BCUT2D eigenvalue weighted by molar-refractivity contribution is -0.137. The maximum absolute atomic E-state index is 12.4. The summed E-state index contributed by atoms with van der Waals surface area (Å²) >= 11 is 0. The van der Waals surface area contributed by atoms with Gasteiger partial charge in [0.25, 0.3) is 0 Å². The second-order valence-electron chi connectivity index (χ2n) is 6.05. The van der Waals surface area contributed by atoms with Gasteiger partial charge in [-0.3, -0.25) is 4.79 Å². The van der Waals surface area contributed by atoms with Crippen LogP contribution in [0.15, 0.2) is 54.6 Å². The van der Waals surface area contributed by atoms with Crippen LogP contribution in [0.2, 0.25) is 0 Å². The zero-order chi connectivity index (χ0) is 18.2. The first-order chi connectivity index (χ1) is 12.0. The summed E-state index contributed by atoms with van der Waals surface area (Å²) in [5.41, 5.74) is 2.72. The van der Waals surface area contributed by atoms with Crippen LogP contribution >= 0.6 is 0 Å². The molecule has 2 aromatic rings. The van der Waals surface area contributed by atoms with E-state index >= 15 is 0 Å². The van der Waals surface area contributed by atoms with Crippen molar-refractivity contribution in [1.82, 2.24) is 4.90 Å². The number of amides is 2. The molecule has 0 radical (unpaired) electrons. The number of urea groups is 1. The lowest BCUT2D eigenvalue weighted by Gasteiger charge is -2.21. The average Bonchev–Trinajstić information content (AvgIpc) is 2.60. The Balaban J connectivity index is 1.97. The number of benzene rings is 2. The van der Waals surface area contributed by atoms with Crippen molar-refractivity contribution in [2.24, 2.45) is 0 Å². The molecule has 1 atom stereocenters. The topological polar surface area (TPSA) is 69.6 Å². The van der Waals surface area contributed by atoms with E-state index in [1.807, 2.05) is 68.4 Å². The summed E-state index contributed by atoms with van der Waals surface area (Å²) in [6.07, 6.45) is 0.0897. The van der Waals surface area contributed by atoms with Crippen LogP contribution in [0.4, 0.5) is 10.5 Å². The predicted molar refractivity (Wildman–Crippen MR) is 98.7 cm³/mol. The van der Waals surface area contributed by atoms with Crippen molar-refractivity contribution in [2.45, 2.75) is 32.7 Å². The Morgan fingerprint density at radius 3 is 2.28 bits per heavy atom. The zero-order valence-electron chi connectivity index (χ0n) is 14.6. The van der Waals surface area contributed by atoms with Crippen LogP contribution in [0.3, 0.4) is 0 Å². The molecule has 2 amide bonds. The summed E-state index contributed by atoms with van der Waals surface area (Å²) < 4.78 is 0. The van der Waals surface area contributed by atoms with Crippen LogP contribution < -0.4 is 5.32 Å². The summed E-state index contributed by atoms with van der Waals surface area (Å²) in [4.78, 5) is 25.0. The van der Waals surface area contributed by atoms with Gasteiger partial charge in [0.2, 0.25) is 0 Å². The van der Waals surface area contributed by atoms with Gasteiger partial charge in [-0.25, -0.2) is 4.79 Å². The van der Waals surface area contributed by atoms with E-state index in [0.717, 1.165) is 11.1 Å². The number of hydrogen-bond donors (Lipinski definition) is 2. The second kappa shape index (κ2) is 8.87. The summed E-state index contributed by atoms with van der Waals surface area (Å²) in [5, 5.41) is 11.8. The highest BCUT2D eigenvalue weighted by Crippen LogP contribution is 2.21. The third kappa shape index (κ3) is 5.64. The molecule has 0 aliphatic carbocycles. The summed E-state index contributed by atoms with van der Waals surface area (Å²) in [6.45, 7) is 4.98. The Kier molecular flexibility index (Phi) is 6.57. The summed E-state index contributed by atoms with van der Waals surface area (Å²) in [7, 11) is 0. The summed E-state index contributed by atoms with van der Waals surface area (Å²) in [5.74, 6) is -0.878. The van der Waals surface area contributed by atoms with Gasteiger partial charge in [-0.15, -0.1) is 0 Å². The minimum atomic E-state index is -0.815. The van der Waals surface area contributed by atoms with Gasteiger partial charge in [-0.2, -0.15) is 0 Å². The Bertz CT molecular complexity index is 699. The number of aliphatic carboxylic acids is 1. The molecule has 132 valence electrons. The highest BCUT2D eigenvalue weighted by Gasteiger charge is 2.13. The molecule has 1 unspecified atom stereocenters. The van der Waals surface area contributed by atoms with Gasteiger partial charge >= 0.3 is 12.0 Å². The molecule has 2 rings (SSSR count). The second-order valence-corrected chi connectivity index (χ2v) is 6.05. The Morgan fingerprint density at radius 1 is 1.08 bits per heavy atom. The van der Waals surface area contributed by atoms with Gasteiger partial charge < -0.3 is 15.3 Å². The monoisotopic (exact) mass is 340 g/mol. The SMILES string of the molecule is CCN(Cc1ccccc1)C(=O)Nc1ccc(C(C)CC(=O)O)cc1. The van der Waals surface area contributed by atoms with Crippen molar-refractivity contribution in [1.29, 1.82) is 0 Å². The number of anilines is 1. The first-order valence-electron chi connectivity index (χ1n) is 8.41. The number of carboxylic acids is 1. The maximum Gasteiger partial charge on any atom is 0.322 e. The minimum absolute atomic E-state index is 0.0625. The Hall–Kier alpha value is -2.82. The highest BCUT2D eigenvalue weighted by molar-refractivity contribution is 5.89. The fourth-order valence-electron chi connectivity index (χ4n) is 2.61. The molecule has 5 heteroatoms. The molecule has 25 heavy (non-hydrogen) atoms. The van der Waals surface area contributed by atoms with Gasteiger partial charge in [0.1, 0.15) is 0 Å². The van der Waals surface area contributed by atoms with Gasteiger partial charge in [0, 0.05) is 18.8 Å². The van der Waals surface area contributed by atoms with E-state index in [2.05, 4.69) is 5.32 Å². The first kappa shape index (κ1) is 18.5. The first-order valence-corrected chi connectivity index (χ1v) is 8.41. The zero-order valence-corrected chi connectivity index (χ0v) is 14.6.